The number of likely N-dealkylation sites (N-methyl/N-ethyl adjacent to an activating group) is 1. The maximum atomic E-state index is 5.58. The summed E-state index contributed by atoms with van der Waals surface area (Å²) >= 11 is 0. The molecule has 8 heteroatoms. The Morgan fingerprint density at radius 3 is 2.73 bits per heavy atom. The second-order valence-electron chi connectivity index (χ2n) is 6.84. The molecule has 1 saturated carbocycles. The van der Waals surface area contributed by atoms with Crippen LogP contribution in [0.1, 0.15) is 56.2 Å². The molecule has 3 aromatic rings. The van der Waals surface area contributed by atoms with Crippen molar-refractivity contribution in [3.63, 3.8) is 0 Å². The predicted molar refractivity (Wildman–Crippen MR) is 101 cm³/mol. The average molecular weight is 378 g/mol. The van der Waals surface area contributed by atoms with E-state index in [0.717, 1.165) is 41.6 Å². The van der Waals surface area contributed by atoms with Crippen molar-refractivity contribution in [2.45, 2.75) is 57.9 Å². The van der Waals surface area contributed by atoms with Crippen LogP contribution in [0.4, 0.5) is 0 Å². The lowest BCUT2D eigenvalue weighted by Gasteiger charge is -2.05. The van der Waals surface area contributed by atoms with Crippen LogP contribution in [0, 0.1) is 0 Å². The lowest BCUT2D eigenvalue weighted by molar-refractivity contribution is 0.418. The maximum Gasteiger partial charge on any atom is 0.259 e. The number of halogens is 1. The van der Waals surface area contributed by atoms with Crippen LogP contribution in [0.15, 0.2) is 15.1 Å². The first-order valence-corrected chi connectivity index (χ1v) is 8.99. The van der Waals surface area contributed by atoms with Gasteiger partial charge in [-0.15, -0.1) is 12.4 Å². The van der Waals surface area contributed by atoms with Gasteiger partial charge in [0.1, 0.15) is 0 Å². The number of rotatable bonds is 7. The summed E-state index contributed by atoms with van der Waals surface area (Å²) in [5, 5.41) is 12.5. The van der Waals surface area contributed by atoms with Crippen molar-refractivity contribution in [3.8, 4) is 11.5 Å². The standard InChI is InChI=1S/C18H23N5O2.ClH/c1-4-5-13-16-12(17-21-15(23-24-17)8-10(2)19-3)9-14(11-6-7-11)20-18(16)25-22-13;/h9-11,19H,4-8H2,1-3H3;1H. The molecule has 1 unspecified atom stereocenters. The zero-order valence-electron chi connectivity index (χ0n) is 15.3. The van der Waals surface area contributed by atoms with Crippen molar-refractivity contribution in [3.05, 3.63) is 23.3 Å². The Hall–Kier alpha value is -1.99. The largest absolute Gasteiger partial charge is 0.336 e. The number of hydrogen-bond donors (Lipinski definition) is 1. The highest BCUT2D eigenvalue weighted by Crippen LogP contribution is 2.42. The molecule has 1 aliphatic rings. The van der Waals surface area contributed by atoms with Gasteiger partial charge in [0.25, 0.3) is 11.6 Å². The van der Waals surface area contributed by atoms with E-state index in [1.165, 1.54) is 12.8 Å². The molecule has 26 heavy (non-hydrogen) atoms. The van der Waals surface area contributed by atoms with E-state index in [2.05, 4.69) is 45.5 Å². The molecule has 0 spiro atoms. The SMILES string of the molecule is CCCc1noc2nc(C3CC3)cc(-c3nc(CC(C)NC)no3)c12.Cl. The number of pyridine rings is 1. The van der Waals surface area contributed by atoms with Gasteiger partial charge >= 0.3 is 0 Å². The van der Waals surface area contributed by atoms with Crippen LogP contribution in [0.25, 0.3) is 22.6 Å². The normalized spacial score (nSPS) is 15.2. The molecule has 4 rings (SSSR count). The molecule has 0 bridgehead atoms. The highest BCUT2D eigenvalue weighted by molar-refractivity contribution is 5.91. The Bertz CT molecular complexity index is 887. The van der Waals surface area contributed by atoms with Gasteiger partial charge in [-0.25, -0.2) is 4.98 Å². The number of nitrogens with one attached hydrogen (secondary N) is 1. The van der Waals surface area contributed by atoms with Gasteiger partial charge in [-0.2, -0.15) is 4.98 Å². The lowest BCUT2D eigenvalue weighted by atomic mass is 10.1. The van der Waals surface area contributed by atoms with Gasteiger partial charge < -0.3 is 14.4 Å². The summed E-state index contributed by atoms with van der Waals surface area (Å²) in [5.41, 5.74) is 3.41. The number of fused-ring (bicyclic) bond motifs is 1. The van der Waals surface area contributed by atoms with E-state index >= 15 is 0 Å². The first-order chi connectivity index (χ1) is 12.2. The molecular formula is C18H24ClN5O2. The average Bonchev–Trinajstić information content (AvgIpc) is 3.25. The Morgan fingerprint density at radius 1 is 1.23 bits per heavy atom. The lowest BCUT2D eigenvalue weighted by Crippen LogP contribution is -2.24. The topological polar surface area (TPSA) is 89.9 Å². The zero-order valence-corrected chi connectivity index (χ0v) is 16.1. The summed E-state index contributed by atoms with van der Waals surface area (Å²) in [4.78, 5) is 9.27. The number of nitrogens with zero attached hydrogens (tertiary/aromatic N) is 4. The summed E-state index contributed by atoms with van der Waals surface area (Å²) in [6.45, 7) is 4.21. The number of hydrogen-bond acceptors (Lipinski definition) is 7. The van der Waals surface area contributed by atoms with Gasteiger partial charge in [0.2, 0.25) is 0 Å². The Morgan fingerprint density at radius 2 is 2.04 bits per heavy atom. The van der Waals surface area contributed by atoms with Crippen molar-refractivity contribution in [1.82, 2.24) is 25.6 Å². The molecule has 7 nitrogen and oxygen atoms in total. The molecule has 1 atom stereocenters. The van der Waals surface area contributed by atoms with E-state index in [9.17, 15) is 0 Å². The first kappa shape index (κ1) is 18.8. The molecular weight excluding hydrogens is 354 g/mol. The summed E-state index contributed by atoms with van der Waals surface area (Å²) < 4.78 is 11.1. The zero-order chi connectivity index (χ0) is 17.4. The monoisotopic (exact) mass is 377 g/mol. The first-order valence-electron chi connectivity index (χ1n) is 8.99. The second kappa shape index (κ2) is 7.72. The van der Waals surface area contributed by atoms with Crippen LogP contribution < -0.4 is 5.32 Å². The quantitative estimate of drug-likeness (QED) is 0.671. The van der Waals surface area contributed by atoms with Gasteiger partial charge in [0.05, 0.1) is 16.6 Å². The van der Waals surface area contributed by atoms with Gasteiger partial charge in [-0.3, -0.25) is 0 Å². The van der Waals surface area contributed by atoms with Crippen molar-refractivity contribution < 1.29 is 9.05 Å². The van der Waals surface area contributed by atoms with E-state index in [-0.39, 0.29) is 18.4 Å². The molecule has 0 aliphatic heterocycles. The van der Waals surface area contributed by atoms with E-state index < -0.39 is 0 Å². The summed E-state index contributed by atoms with van der Waals surface area (Å²) in [5.74, 6) is 1.73. The third-order valence-electron chi connectivity index (χ3n) is 4.70. The Kier molecular flexibility index (Phi) is 5.58. The smallest absolute Gasteiger partial charge is 0.259 e. The van der Waals surface area contributed by atoms with E-state index in [4.69, 9.17) is 9.05 Å². The fraction of sp³-hybridized carbons (Fsp3) is 0.556. The second-order valence-corrected chi connectivity index (χ2v) is 6.84. The van der Waals surface area contributed by atoms with E-state index in [1.54, 1.807) is 0 Å². The van der Waals surface area contributed by atoms with E-state index in [1.807, 2.05) is 7.05 Å². The third kappa shape index (κ3) is 3.59. The molecule has 1 aliphatic carbocycles. The Labute approximate surface area is 158 Å². The Balaban J connectivity index is 0.00000196. The van der Waals surface area contributed by atoms with Crippen LogP contribution in [0.2, 0.25) is 0 Å². The molecule has 3 aromatic heterocycles. The van der Waals surface area contributed by atoms with Crippen LogP contribution in [-0.4, -0.2) is 33.4 Å². The number of aryl methyl sites for hydroxylation is 1. The van der Waals surface area contributed by atoms with Gasteiger partial charge in [0, 0.05) is 24.1 Å². The highest BCUT2D eigenvalue weighted by Gasteiger charge is 2.29. The van der Waals surface area contributed by atoms with Crippen molar-refractivity contribution in [2.24, 2.45) is 0 Å². The van der Waals surface area contributed by atoms with E-state index in [0.29, 0.717) is 23.3 Å². The number of aromatic nitrogens is 4. The minimum Gasteiger partial charge on any atom is -0.336 e. The van der Waals surface area contributed by atoms with Crippen LogP contribution in [-0.2, 0) is 12.8 Å². The third-order valence-corrected chi connectivity index (χ3v) is 4.70. The van der Waals surface area contributed by atoms with Gasteiger partial charge in [-0.05, 0) is 39.3 Å². The predicted octanol–water partition coefficient (Wildman–Crippen LogP) is 3.67. The van der Waals surface area contributed by atoms with Crippen LogP contribution >= 0.6 is 12.4 Å². The van der Waals surface area contributed by atoms with Crippen LogP contribution in [0.5, 0.6) is 0 Å². The molecule has 0 radical (unpaired) electrons. The minimum absolute atomic E-state index is 0. The van der Waals surface area contributed by atoms with Crippen molar-refractivity contribution in [1.29, 1.82) is 0 Å². The molecule has 0 saturated heterocycles. The van der Waals surface area contributed by atoms with Crippen LogP contribution in [0.3, 0.4) is 0 Å². The molecule has 0 aromatic carbocycles. The van der Waals surface area contributed by atoms with Crippen molar-refractivity contribution in [2.75, 3.05) is 7.05 Å². The molecule has 140 valence electrons. The highest BCUT2D eigenvalue weighted by atomic mass is 35.5. The molecule has 1 N–H and O–H groups in total. The molecule has 3 heterocycles. The van der Waals surface area contributed by atoms with Gasteiger partial charge in [-0.1, -0.05) is 23.7 Å². The van der Waals surface area contributed by atoms with Crippen molar-refractivity contribution >= 4 is 23.5 Å². The fourth-order valence-electron chi connectivity index (χ4n) is 3.02. The minimum atomic E-state index is 0. The summed E-state index contributed by atoms with van der Waals surface area (Å²) in [6, 6.07) is 2.37. The summed E-state index contributed by atoms with van der Waals surface area (Å²) in [7, 11) is 1.92. The van der Waals surface area contributed by atoms with Gasteiger partial charge in [0.15, 0.2) is 5.82 Å². The maximum absolute atomic E-state index is 5.58. The molecule has 1 fully saturated rings. The fourth-order valence-corrected chi connectivity index (χ4v) is 3.02. The summed E-state index contributed by atoms with van der Waals surface area (Å²) in [6.07, 6.45) is 4.88. The molecule has 0 amide bonds.